The Kier molecular flexibility index (Phi) is 11.1. The van der Waals surface area contributed by atoms with Crippen molar-refractivity contribution >= 4 is 28.9 Å². The van der Waals surface area contributed by atoms with E-state index in [1.807, 2.05) is 26.0 Å². The largest absolute Gasteiger partial charge is 0.493 e. The standard InChI is InChI=1S/C25H28Cl2F3NO3/c1-4-18-15-22(32-14-11-23(26)27)16-19(5-2)24(18)33-12-6-13-34-31-17(3)20-7-9-21(10-8-20)25(28,29)30/h7-11,15-16,31H,3-6,12-14H2,1-2H3. The second-order valence-electron chi connectivity index (χ2n) is 7.29. The van der Waals surface area contributed by atoms with Crippen LogP contribution in [0.5, 0.6) is 11.5 Å². The van der Waals surface area contributed by atoms with E-state index < -0.39 is 11.7 Å². The van der Waals surface area contributed by atoms with Crippen molar-refractivity contribution < 1.29 is 27.5 Å². The van der Waals surface area contributed by atoms with Crippen molar-refractivity contribution in [3.63, 3.8) is 0 Å². The SMILES string of the molecule is C=C(NOCCCOc1c(CC)cc(OCC=C(Cl)Cl)cc1CC)c1ccc(C(F)(F)F)cc1. The van der Waals surface area contributed by atoms with Gasteiger partial charge in [-0.3, -0.25) is 10.3 Å². The van der Waals surface area contributed by atoms with Gasteiger partial charge >= 0.3 is 6.18 Å². The predicted molar refractivity (Wildman–Crippen MR) is 130 cm³/mol. The fourth-order valence-electron chi connectivity index (χ4n) is 3.08. The summed E-state index contributed by atoms with van der Waals surface area (Å²) in [5.41, 5.74) is 4.90. The Morgan fingerprint density at radius 3 is 2.15 bits per heavy atom. The number of nitrogens with one attached hydrogen (secondary N) is 1. The zero-order chi connectivity index (χ0) is 25.1. The molecule has 0 aliphatic carbocycles. The van der Waals surface area contributed by atoms with Crippen molar-refractivity contribution in [3.05, 3.63) is 75.8 Å². The molecule has 0 fully saturated rings. The summed E-state index contributed by atoms with van der Waals surface area (Å²) in [6.07, 6.45) is -0.655. The summed E-state index contributed by atoms with van der Waals surface area (Å²) in [5, 5.41) is 0. The molecule has 0 radical (unpaired) electrons. The molecule has 0 aromatic heterocycles. The molecule has 0 saturated heterocycles. The van der Waals surface area contributed by atoms with Gasteiger partial charge in [-0.05, 0) is 59.9 Å². The van der Waals surface area contributed by atoms with E-state index >= 15 is 0 Å². The van der Waals surface area contributed by atoms with Crippen LogP contribution in [0.15, 0.2) is 53.5 Å². The lowest BCUT2D eigenvalue weighted by atomic mass is 10.0. The number of aryl methyl sites for hydroxylation is 2. The lowest BCUT2D eigenvalue weighted by Crippen LogP contribution is -2.15. The van der Waals surface area contributed by atoms with Gasteiger partial charge in [0.15, 0.2) is 0 Å². The molecule has 186 valence electrons. The van der Waals surface area contributed by atoms with Crippen LogP contribution in [0.2, 0.25) is 0 Å². The van der Waals surface area contributed by atoms with Crippen LogP contribution in [0.4, 0.5) is 13.2 Å². The fourth-order valence-corrected chi connectivity index (χ4v) is 3.21. The van der Waals surface area contributed by atoms with Crippen molar-refractivity contribution in [1.82, 2.24) is 5.48 Å². The second-order valence-corrected chi connectivity index (χ2v) is 8.30. The molecule has 9 heteroatoms. The van der Waals surface area contributed by atoms with Crippen molar-refractivity contribution in [2.75, 3.05) is 19.8 Å². The minimum atomic E-state index is -4.37. The second kappa shape index (κ2) is 13.5. The molecule has 0 atom stereocenters. The Balaban J connectivity index is 1.82. The normalized spacial score (nSPS) is 11.1. The van der Waals surface area contributed by atoms with E-state index in [-0.39, 0.29) is 11.1 Å². The molecule has 1 N–H and O–H groups in total. The zero-order valence-corrected chi connectivity index (χ0v) is 20.6. The molecule has 34 heavy (non-hydrogen) atoms. The Bertz CT molecular complexity index is 947. The highest BCUT2D eigenvalue weighted by molar-refractivity contribution is 6.55. The number of hydroxylamine groups is 1. The van der Waals surface area contributed by atoms with Crippen molar-refractivity contribution in [2.45, 2.75) is 39.3 Å². The van der Waals surface area contributed by atoms with E-state index in [0.29, 0.717) is 30.9 Å². The molecular weight excluding hydrogens is 490 g/mol. The highest BCUT2D eigenvalue weighted by Gasteiger charge is 2.30. The topological polar surface area (TPSA) is 39.7 Å². The lowest BCUT2D eigenvalue weighted by Gasteiger charge is -2.17. The quantitative estimate of drug-likeness (QED) is 0.220. The molecule has 2 aromatic carbocycles. The third-order valence-electron chi connectivity index (χ3n) is 4.86. The van der Waals surface area contributed by atoms with Gasteiger partial charge in [-0.2, -0.15) is 13.2 Å². The van der Waals surface area contributed by atoms with Crippen LogP contribution in [-0.4, -0.2) is 19.8 Å². The van der Waals surface area contributed by atoms with Gasteiger partial charge in [0.1, 0.15) is 22.6 Å². The Morgan fingerprint density at radius 2 is 1.62 bits per heavy atom. The van der Waals surface area contributed by atoms with Gasteiger partial charge in [0.05, 0.1) is 24.5 Å². The van der Waals surface area contributed by atoms with Gasteiger partial charge in [-0.25, -0.2) is 0 Å². The summed E-state index contributed by atoms with van der Waals surface area (Å²) in [5.74, 6) is 1.56. The number of halogens is 5. The Hall–Kier alpha value is -2.35. The molecule has 2 aromatic rings. The van der Waals surface area contributed by atoms with Crippen LogP contribution in [-0.2, 0) is 23.9 Å². The van der Waals surface area contributed by atoms with Gasteiger partial charge < -0.3 is 9.47 Å². The van der Waals surface area contributed by atoms with Gasteiger partial charge in [-0.1, -0.05) is 55.8 Å². The first-order chi connectivity index (χ1) is 16.2. The van der Waals surface area contributed by atoms with Crippen LogP contribution in [0.25, 0.3) is 5.70 Å². The minimum Gasteiger partial charge on any atom is -0.493 e. The summed E-state index contributed by atoms with van der Waals surface area (Å²) in [6.45, 7) is 8.91. The summed E-state index contributed by atoms with van der Waals surface area (Å²) in [7, 11) is 0. The smallest absolute Gasteiger partial charge is 0.416 e. The van der Waals surface area contributed by atoms with E-state index in [0.717, 1.165) is 47.6 Å². The number of hydrogen-bond donors (Lipinski definition) is 1. The molecule has 0 unspecified atom stereocenters. The van der Waals surface area contributed by atoms with Crippen LogP contribution in [0.1, 0.15) is 42.5 Å². The lowest BCUT2D eigenvalue weighted by molar-refractivity contribution is -0.137. The average molecular weight is 518 g/mol. The maximum absolute atomic E-state index is 12.7. The van der Waals surface area contributed by atoms with Crippen LogP contribution in [0, 0.1) is 0 Å². The summed E-state index contributed by atoms with van der Waals surface area (Å²) < 4.78 is 49.9. The average Bonchev–Trinajstić information content (AvgIpc) is 2.80. The fraction of sp³-hybridized carbons (Fsp3) is 0.360. The maximum atomic E-state index is 12.7. The van der Waals surface area contributed by atoms with Crippen LogP contribution >= 0.6 is 23.2 Å². The Morgan fingerprint density at radius 1 is 1.00 bits per heavy atom. The number of ether oxygens (including phenoxy) is 2. The highest BCUT2D eigenvalue weighted by Crippen LogP contribution is 2.31. The van der Waals surface area contributed by atoms with E-state index in [1.54, 1.807) is 6.08 Å². The number of benzene rings is 2. The molecule has 0 aliphatic heterocycles. The molecule has 0 bridgehead atoms. The summed E-state index contributed by atoms with van der Waals surface area (Å²) in [6, 6.07) is 8.58. The van der Waals surface area contributed by atoms with Gasteiger partial charge in [0, 0.05) is 6.42 Å². The number of rotatable bonds is 13. The van der Waals surface area contributed by atoms with Crippen molar-refractivity contribution in [2.24, 2.45) is 0 Å². The van der Waals surface area contributed by atoms with Gasteiger partial charge in [0.2, 0.25) is 0 Å². The van der Waals surface area contributed by atoms with Gasteiger partial charge in [-0.15, -0.1) is 0 Å². The van der Waals surface area contributed by atoms with Crippen molar-refractivity contribution in [3.8, 4) is 11.5 Å². The van der Waals surface area contributed by atoms with Crippen LogP contribution in [0.3, 0.4) is 0 Å². The van der Waals surface area contributed by atoms with Crippen molar-refractivity contribution in [1.29, 1.82) is 0 Å². The minimum absolute atomic E-state index is 0.158. The first-order valence-electron chi connectivity index (χ1n) is 10.8. The van der Waals surface area contributed by atoms with E-state index in [1.165, 1.54) is 12.1 Å². The van der Waals surface area contributed by atoms with E-state index in [2.05, 4.69) is 12.1 Å². The van der Waals surface area contributed by atoms with Crippen LogP contribution < -0.4 is 15.0 Å². The molecular formula is C25H28Cl2F3NO3. The number of hydrogen-bond acceptors (Lipinski definition) is 4. The molecule has 0 heterocycles. The first-order valence-corrected chi connectivity index (χ1v) is 11.6. The Labute approximate surface area is 208 Å². The molecule has 2 rings (SSSR count). The van der Waals surface area contributed by atoms with E-state index in [4.69, 9.17) is 37.5 Å². The maximum Gasteiger partial charge on any atom is 0.416 e. The summed E-state index contributed by atoms with van der Waals surface area (Å²) >= 11 is 11.2. The molecule has 0 aliphatic rings. The third-order valence-corrected chi connectivity index (χ3v) is 5.17. The number of alkyl halides is 3. The van der Waals surface area contributed by atoms with E-state index in [9.17, 15) is 13.2 Å². The molecule has 0 amide bonds. The predicted octanol–water partition coefficient (Wildman–Crippen LogP) is 7.49. The molecule has 0 spiro atoms. The zero-order valence-electron chi connectivity index (χ0n) is 19.1. The third kappa shape index (κ3) is 8.78. The first kappa shape index (κ1) is 27.9. The highest BCUT2D eigenvalue weighted by atomic mass is 35.5. The monoisotopic (exact) mass is 517 g/mol. The molecule has 4 nitrogen and oxygen atoms in total. The van der Waals surface area contributed by atoms with Gasteiger partial charge in [0.25, 0.3) is 0 Å². The summed E-state index contributed by atoms with van der Waals surface area (Å²) in [4.78, 5) is 5.38. The molecule has 0 saturated carbocycles.